The molecule has 2 aromatic heterocycles. The Balaban J connectivity index is 1.85. The number of nitrogens with zero attached hydrogens (tertiary/aromatic N) is 2. The van der Waals surface area contributed by atoms with Gasteiger partial charge in [0.15, 0.2) is 0 Å². The van der Waals surface area contributed by atoms with Gasteiger partial charge < -0.3 is 16.0 Å². The van der Waals surface area contributed by atoms with Gasteiger partial charge in [0.1, 0.15) is 17.3 Å². The molecule has 0 radical (unpaired) electrons. The molecular formula is C20H24F3N5O. The van der Waals surface area contributed by atoms with Crippen LogP contribution in [0.4, 0.5) is 30.5 Å². The first-order valence-corrected chi connectivity index (χ1v) is 9.39. The molecule has 1 aliphatic carbocycles. The van der Waals surface area contributed by atoms with Gasteiger partial charge in [-0.25, -0.2) is 23.1 Å². The molecule has 0 saturated heterocycles. The molecule has 1 aliphatic rings. The van der Waals surface area contributed by atoms with Crippen LogP contribution in [-0.2, 0) is 5.92 Å². The monoisotopic (exact) mass is 407 g/mol. The van der Waals surface area contributed by atoms with Crippen LogP contribution in [0.25, 0.3) is 0 Å². The van der Waals surface area contributed by atoms with E-state index in [2.05, 4.69) is 25.9 Å². The van der Waals surface area contributed by atoms with Crippen LogP contribution in [0.15, 0.2) is 30.6 Å². The Morgan fingerprint density at radius 2 is 1.97 bits per heavy atom. The van der Waals surface area contributed by atoms with Crippen molar-refractivity contribution in [3.63, 3.8) is 0 Å². The van der Waals surface area contributed by atoms with Crippen LogP contribution in [0.2, 0.25) is 0 Å². The number of rotatable bonds is 6. The van der Waals surface area contributed by atoms with Crippen molar-refractivity contribution in [2.45, 2.75) is 50.7 Å². The summed E-state index contributed by atoms with van der Waals surface area (Å²) in [6.07, 6.45) is 4.33. The van der Waals surface area contributed by atoms with Crippen LogP contribution in [0, 0.1) is 0 Å². The highest BCUT2D eigenvalue weighted by molar-refractivity contribution is 5.99. The molecule has 2 aromatic rings. The smallest absolute Gasteiger partial charge is 0.272 e. The Bertz CT molecular complexity index is 881. The van der Waals surface area contributed by atoms with Gasteiger partial charge in [-0.3, -0.25) is 4.79 Å². The van der Waals surface area contributed by atoms with E-state index in [4.69, 9.17) is 0 Å². The van der Waals surface area contributed by atoms with Gasteiger partial charge in [-0.15, -0.1) is 0 Å². The fourth-order valence-electron chi connectivity index (χ4n) is 3.35. The van der Waals surface area contributed by atoms with Crippen LogP contribution in [-0.4, -0.2) is 34.6 Å². The molecule has 0 spiro atoms. The van der Waals surface area contributed by atoms with Crippen molar-refractivity contribution in [2.75, 3.05) is 17.7 Å². The van der Waals surface area contributed by atoms with Crippen molar-refractivity contribution in [3.8, 4) is 0 Å². The Hall–Kier alpha value is -2.84. The zero-order chi connectivity index (χ0) is 21.2. The standard InChI is InChI=1S/C20H24F3N5O/c1-19(21)8-4-5-15(19)27-14-9-17(26-11-13(14)18(29)24-3)28-16-7-6-12(10-25-16)20(2,22)23/h6-7,9-11,15H,4-5,8H2,1-3H3,(H,24,29)(H2,25,26,27,28)/t15-,19+/m1/s1. The van der Waals surface area contributed by atoms with Crippen LogP contribution in [0.1, 0.15) is 49.0 Å². The summed E-state index contributed by atoms with van der Waals surface area (Å²) in [6, 6.07) is 3.86. The first-order chi connectivity index (χ1) is 13.6. The van der Waals surface area contributed by atoms with Crippen molar-refractivity contribution in [1.29, 1.82) is 0 Å². The lowest BCUT2D eigenvalue weighted by Crippen LogP contribution is -2.36. The van der Waals surface area contributed by atoms with Crippen molar-refractivity contribution in [1.82, 2.24) is 15.3 Å². The van der Waals surface area contributed by atoms with Crippen LogP contribution in [0.5, 0.6) is 0 Å². The molecule has 6 nitrogen and oxygen atoms in total. The Labute approximate surface area is 167 Å². The molecule has 3 N–H and O–H groups in total. The van der Waals surface area contributed by atoms with Gasteiger partial charge in [0.25, 0.3) is 11.8 Å². The summed E-state index contributed by atoms with van der Waals surface area (Å²) in [4.78, 5) is 20.4. The highest BCUT2D eigenvalue weighted by Crippen LogP contribution is 2.36. The number of nitrogens with one attached hydrogen (secondary N) is 3. The third-order valence-electron chi connectivity index (χ3n) is 5.12. The number of carbonyl (C=O) groups excluding carboxylic acids is 1. The highest BCUT2D eigenvalue weighted by Gasteiger charge is 2.39. The van der Waals surface area contributed by atoms with Gasteiger partial charge >= 0.3 is 0 Å². The molecule has 1 saturated carbocycles. The number of pyridine rings is 2. The van der Waals surface area contributed by atoms with Crippen molar-refractivity contribution in [3.05, 3.63) is 41.7 Å². The molecule has 29 heavy (non-hydrogen) atoms. The third-order valence-corrected chi connectivity index (χ3v) is 5.12. The maximum Gasteiger partial charge on any atom is 0.272 e. The molecule has 0 bridgehead atoms. The van der Waals surface area contributed by atoms with E-state index in [0.29, 0.717) is 30.2 Å². The number of alkyl halides is 3. The maximum atomic E-state index is 14.7. The van der Waals surface area contributed by atoms with Gasteiger partial charge in [-0.05, 0) is 38.3 Å². The quantitative estimate of drug-likeness (QED) is 0.662. The second kappa shape index (κ2) is 7.88. The summed E-state index contributed by atoms with van der Waals surface area (Å²) in [5.41, 5.74) is -0.847. The first-order valence-electron chi connectivity index (χ1n) is 9.39. The summed E-state index contributed by atoms with van der Waals surface area (Å²) < 4.78 is 41.3. The molecular weight excluding hydrogens is 383 g/mol. The van der Waals surface area contributed by atoms with E-state index in [-0.39, 0.29) is 17.0 Å². The maximum absolute atomic E-state index is 14.7. The topological polar surface area (TPSA) is 78.9 Å². The summed E-state index contributed by atoms with van der Waals surface area (Å²) in [7, 11) is 1.50. The molecule has 2 heterocycles. The van der Waals surface area contributed by atoms with E-state index in [1.807, 2.05) is 0 Å². The molecule has 156 valence electrons. The minimum atomic E-state index is -2.98. The zero-order valence-corrected chi connectivity index (χ0v) is 16.5. The van der Waals surface area contributed by atoms with Crippen molar-refractivity contribution in [2.24, 2.45) is 0 Å². The van der Waals surface area contributed by atoms with Gasteiger partial charge in [0.2, 0.25) is 0 Å². The predicted molar refractivity (Wildman–Crippen MR) is 105 cm³/mol. The molecule has 0 aliphatic heterocycles. The van der Waals surface area contributed by atoms with Crippen LogP contribution < -0.4 is 16.0 Å². The molecule has 0 unspecified atom stereocenters. The molecule has 0 aromatic carbocycles. The van der Waals surface area contributed by atoms with Crippen LogP contribution >= 0.6 is 0 Å². The van der Waals surface area contributed by atoms with Crippen LogP contribution in [0.3, 0.4) is 0 Å². The number of amides is 1. The van der Waals surface area contributed by atoms with Gasteiger partial charge in [-0.1, -0.05) is 0 Å². The summed E-state index contributed by atoms with van der Waals surface area (Å²) in [5, 5.41) is 8.60. The number of hydrogen-bond donors (Lipinski definition) is 3. The number of hydrogen-bond acceptors (Lipinski definition) is 5. The largest absolute Gasteiger partial charge is 0.378 e. The van der Waals surface area contributed by atoms with E-state index in [1.54, 1.807) is 13.0 Å². The average Bonchev–Trinajstić information content (AvgIpc) is 2.99. The first kappa shape index (κ1) is 20.9. The van der Waals surface area contributed by atoms with Crippen molar-refractivity contribution < 1.29 is 18.0 Å². The predicted octanol–water partition coefficient (Wildman–Crippen LogP) is 4.38. The SMILES string of the molecule is CNC(=O)c1cnc(Nc2ccc(C(C)(F)F)cn2)cc1N[C@@H]1CCC[C@]1(C)F. The van der Waals surface area contributed by atoms with Crippen molar-refractivity contribution >= 4 is 23.2 Å². The van der Waals surface area contributed by atoms with Gasteiger partial charge in [0.05, 0.1) is 17.3 Å². The number of anilines is 3. The Kier molecular flexibility index (Phi) is 5.68. The molecule has 1 amide bonds. The molecule has 2 atom stereocenters. The molecule has 3 rings (SSSR count). The minimum Gasteiger partial charge on any atom is -0.378 e. The summed E-state index contributed by atoms with van der Waals surface area (Å²) in [6.45, 7) is 2.35. The van der Waals surface area contributed by atoms with E-state index >= 15 is 0 Å². The molecule has 9 heteroatoms. The fraction of sp³-hybridized carbons (Fsp3) is 0.450. The van der Waals surface area contributed by atoms with E-state index in [0.717, 1.165) is 19.5 Å². The number of carbonyl (C=O) groups is 1. The Morgan fingerprint density at radius 3 is 2.52 bits per heavy atom. The highest BCUT2D eigenvalue weighted by atomic mass is 19.3. The van der Waals surface area contributed by atoms with E-state index < -0.39 is 17.6 Å². The minimum absolute atomic E-state index is 0.197. The summed E-state index contributed by atoms with van der Waals surface area (Å²) >= 11 is 0. The Morgan fingerprint density at radius 1 is 1.24 bits per heavy atom. The van der Waals surface area contributed by atoms with E-state index in [1.165, 1.54) is 25.4 Å². The number of halogens is 3. The summed E-state index contributed by atoms with van der Waals surface area (Å²) in [5.74, 6) is -2.66. The third kappa shape index (κ3) is 4.78. The fourth-order valence-corrected chi connectivity index (χ4v) is 3.35. The normalized spacial score (nSPS) is 21.7. The second-order valence-corrected chi connectivity index (χ2v) is 7.51. The lowest BCUT2D eigenvalue weighted by Gasteiger charge is -2.26. The average molecular weight is 407 g/mol. The lowest BCUT2D eigenvalue weighted by atomic mass is 10.0. The lowest BCUT2D eigenvalue weighted by molar-refractivity contribution is 0.0171. The van der Waals surface area contributed by atoms with Gasteiger partial charge in [0, 0.05) is 38.0 Å². The second-order valence-electron chi connectivity index (χ2n) is 7.51. The van der Waals surface area contributed by atoms with E-state index in [9.17, 15) is 18.0 Å². The number of aromatic nitrogens is 2. The zero-order valence-electron chi connectivity index (χ0n) is 16.5. The van der Waals surface area contributed by atoms with Gasteiger partial charge in [-0.2, -0.15) is 0 Å². The molecule has 1 fully saturated rings.